The minimum atomic E-state index is 0.0418. The molecule has 0 N–H and O–H groups in total. The molecule has 119 valence electrons. The van der Waals surface area contributed by atoms with E-state index in [-0.39, 0.29) is 17.2 Å². The van der Waals surface area contributed by atoms with Gasteiger partial charge in [0.15, 0.2) is 0 Å². The first-order valence-corrected chi connectivity index (χ1v) is 9.24. The van der Waals surface area contributed by atoms with Crippen LogP contribution in [0.1, 0.15) is 96.8 Å². The molecule has 2 saturated carbocycles. The SMILES string of the molecule is CC1([B]OC(=O)C2CCCCCCC2)CCCCCCC1. The zero-order valence-electron chi connectivity index (χ0n) is 13.9. The lowest BCUT2D eigenvalue weighted by atomic mass is 9.59. The van der Waals surface area contributed by atoms with Crippen molar-refractivity contribution in [2.75, 3.05) is 0 Å². The molecule has 0 aromatic heterocycles. The zero-order valence-corrected chi connectivity index (χ0v) is 13.9. The maximum atomic E-state index is 12.3. The van der Waals surface area contributed by atoms with Crippen LogP contribution in [-0.2, 0) is 9.45 Å². The van der Waals surface area contributed by atoms with Crippen LogP contribution in [0.15, 0.2) is 0 Å². The molecule has 0 bridgehead atoms. The summed E-state index contributed by atoms with van der Waals surface area (Å²) < 4.78 is 5.65. The molecule has 2 aliphatic rings. The van der Waals surface area contributed by atoms with Gasteiger partial charge in [0.05, 0.1) is 5.92 Å². The Morgan fingerprint density at radius 1 is 0.857 bits per heavy atom. The van der Waals surface area contributed by atoms with Gasteiger partial charge < -0.3 is 4.65 Å². The van der Waals surface area contributed by atoms with E-state index in [1.165, 1.54) is 77.0 Å². The molecule has 0 amide bonds. The van der Waals surface area contributed by atoms with Gasteiger partial charge in [-0.05, 0) is 18.2 Å². The van der Waals surface area contributed by atoms with Gasteiger partial charge in [-0.3, -0.25) is 4.79 Å². The Morgan fingerprint density at radius 3 is 1.90 bits per heavy atom. The Kier molecular flexibility index (Phi) is 7.12. The number of hydrogen-bond donors (Lipinski definition) is 0. The van der Waals surface area contributed by atoms with Crippen LogP contribution in [0.25, 0.3) is 0 Å². The third kappa shape index (κ3) is 6.04. The minimum absolute atomic E-state index is 0.0418. The van der Waals surface area contributed by atoms with Crippen molar-refractivity contribution in [1.82, 2.24) is 0 Å². The molecule has 2 rings (SSSR count). The van der Waals surface area contributed by atoms with E-state index >= 15 is 0 Å². The highest BCUT2D eigenvalue weighted by atomic mass is 16.5. The van der Waals surface area contributed by atoms with Gasteiger partial charge in [-0.1, -0.05) is 84.0 Å². The number of rotatable bonds is 3. The molecule has 1 radical (unpaired) electrons. The molecule has 0 spiro atoms. The van der Waals surface area contributed by atoms with Gasteiger partial charge in [0.2, 0.25) is 0 Å². The monoisotopic (exact) mass is 291 g/mol. The quantitative estimate of drug-likeness (QED) is 0.648. The molecule has 2 fully saturated rings. The van der Waals surface area contributed by atoms with Crippen molar-refractivity contribution in [3.8, 4) is 0 Å². The van der Waals surface area contributed by atoms with E-state index in [4.69, 9.17) is 4.65 Å². The predicted molar refractivity (Wildman–Crippen MR) is 88.3 cm³/mol. The summed E-state index contributed by atoms with van der Waals surface area (Å²) in [6.07, 6.45) is 17.3. The van der Waals surface area contributed by atoms with Gasteiger partial charge in [0, 0.05) is 0 Å². The molecule has 21 heavy (non-hydrogen) atoms. The molecule has 2 nitrogen and oxygen atoms in total. The van der Waals surface area contributed by atoms with Crippen LogP contribution in [0.5, 0.6) is 0 Å². The van der Waals surface area contributed by atoms with Gasteiger partial charge in [0.1, 0.15) is 0 Å². The van der Waals surface area contributed by atoms with E-state index in [1.807, 2.05) is 7.48 Å². The topological polar surface area (TPSA) is 26.3 Å². The lowest BCUT2D eigenvalue weighted by molar-refractivity contribution is -0.139. The average Bonchev–Trinajstić information content (AvgIpc) is 2.41. The summed E-state index contributed by atoms with van der Waals surface area (Å²) in [4.78, 5) is 12.3. The van der Waals surface area contributed by atoms with Gasteiger partial charge in [-0.2, -0.15) is 0 Å². The average molecular weight is 291 g/mol. The van der Waals surface area contributed by atoms with Crippen LogP contribution < -0.4 is 0 Å². The Bertz CT molecular complexity index is 300. The van der Waals surface area contributed by atoms with E-state index in [0.29, 0.717) is 0 Å². The second kappa shape index (κ2) is 8.85. The van der Waals surface area contributed by atoms with Crippen molar-refractivity contribution < 1.29 is 9.45 Å². The van der Waals surface area contributed by atoms with Crippen LogP contribution in [0.4, 0.5) is 0 Å². The normalized spacial score (nSPS) is 25.0. The van der Waals surface area contributed by atoms with E-state index in [0.717, 1.165) is 12.8 Å². The predicted octanol–water partition coefficient (Wildman–Crippen LogP) is 5.43. The van der Waals surface area contributed by atoms with E-state index in [2.05, 4.69) is 6.92 Å². The first kappa shape index (κ1) is 16.9. The van der Waals surface area contributed by atoms with Crippen molar-refractivity contribution in [2.45, 2.75) is 102 Å². The summed E-state index contributed by atoms with van der Waals surface area (Å²) in [6.45, 7) is 2.27. The summed E-state index contributed by atoms with van der Waals surface area (Å²) in [7, 11) is 1.90. The van der Waals surface area contributed by atoms with Crippen molar-refractivity contribution in [3.05, 3.63) is 0 Å². The molecule has 0 heterocycles. The third-order valence-electron chi connectivity index (χ3n) is 5.39. The molecule has 0 unspecified atom stereocenters. The minimum Gasteiger partial charge on any atom is -0.538 e. The highest BCUT2D eigenvalue weighted by molar-refractivity contribution is 6.35. The number of carbonyl (C=O) groups excluding carboxylic acids is 1. The molecule has 3 heteroatoms. The summed E-state index contributed by atoms with van der Waals surface area (Å²) in [5.74, 6) is 0.193. The standard InChI is InChI=1S/C18H32BO2/c1-18(14-10-6-3-7-11-15-18)19-21-17(20)16-12-8-4-2-5-9-13-16/h16H,2-15H2,1H3. The molecular formula is C18H32BO2. The fraction of sp³-hybridized carbons (Fsp3) is 0.944. The maximum absolute atomic E-state index is 12.3. The number of hydrogen-bond acceptors (Lipinski definition) is 2. The molecule has 0 aromatic rings. The fourth-order valence-electron chi connectivity index (χ4n) is 3.82. The molecule has 2 aliphatic carbocycles. The molecule has 0 atom stereocenters. The maximum Gasteiger partial charge on any atom is 0.380 e. The Labute approximate surface area is 131 Å². The molecule has 0 saturated heterocycles. The van der Waals surface area contributed by atoms with E-state index < -0.39 is 0 Å². The fourth-order valence-corrected chi connectivity index (χ4v) is 3.82. The van der Waals surface area contributed by atoms with Crippen LogP contribution >= 0.6 is 0 Å². The molecule has 0 aromatic carbocycles. The lowest BCUT2D eigenvalue weighted by Gasteiger charge is -2.30. The first-order valence-electron chi connectivity index (χ1n) is 9.24. The van der Waals surface area contributed by atoms with Crippen LogP contribution in [0.2, 0.25) is 5.31 Å². The highest BCUT2D eigenvalue weighted by Gasteiger charge is 2.31. The summed E-state index contributed by atoms with van der Waals surface area (Å²) in [5.41, 5.74) is 0. The zero-order chi connectivity index (χ0) is 15.0. The largest absolute Gasteiger partial charge is 0.538 e. The Morgan fingerprint density at radius 2 is 1.33 bits per heavy atom. The summed E-state index contributed by atoms with van der Waals surface area (Å²) >= 11 is 0. The van der Waals surface area contributed by atoms with Crippen molar-refractivity contribution >= 4 is 13.5 Å². The van der Waals surface area contributed by atoms with E-state index in [9.17, 15) is 4.79 Å². The first-order chi connectivity index (χ1) is 10.2. The molecule has 0 aliphatic heterocycles. The van der Waals surface area contributed by atoms with Crippen molar-refractivity contribution in [3.63, 3.8) is 0 Å². The second-order valence-corrected chi connectivity index (χ2v) is 7.52. The van der Waals surface area contributed by atoms with Crippen LogP contribution in [-0.4, -0.2) is 13.5 Å². The van der Waals surface area contributed by atoms with Crippen LogP contribution in [0, 0.1) is 5.92 Å². The van der Waals surface area contributed by atoms with Gasteiger partial charge >= 0.3 is 7.48 Å². The van der Waals surface area contributed by atoms with Crippen molar-refractivity contribution in [1.29, 1.82) is 0 Å². The van der Waals surface area contributed by atoms with Crippen LogP contribution in [0.3, 0.4) is 0 Å². The Balaban J connectivity index is 1.77. The van der Waals surface area contributed by atoms with Gasteiger partial charge in [0.25, 0.3) is 5.97 Å². The smallest absolute Gasteiger partial charge is 0.380 e. The van der Waals surface area contributed by atoms with Crippen molar-refractivity contribution in [2.24, 2.45) is 5.92 Å². The Hall–Kier alpha value is -0.465. The number of carbonyl (C=O) groups is 1. The van der Waals surface area contributed by atoms with E-state index in [1.54, 1.807) is 0 Å². The summed E-state index contributed by atoms with van der Waals surface area (Å²) in [6, 6.07) is 0. The second-order valence-electron chi connectivity index (χ2n) is 7.52. The third-order valence-corrected chi connectivity index (χ3v) is 5.39. The lowest BCUT2D eigenvalue weighted by Crippen LogP contribution is -2.27. The highest BCUT2D eigenvalue weighted by Crippen LogP contribution is 2.39. The summed E-state index contributed by atoms with van der Waals surface area (Å²) in [5, 5.41) is 0.109. The van der Waals surface area contributed by atoms with Gasteiger partial charge in [-0.15, -0.1) is 0 Å². The van der Waals surface area contributed by atoms with Gasteiger partial charge in [-0.25, -0.2) is 0 Å². The molecular weight excluding hydrogens is 259 g/mol.